The van der Waals surface area contributed by atoms with Crippen molar-refractivity contribution in [3.63, 3.8) is 0 Å². The molecule has 3 rings (SSSR count). The number of fused-ring (bicyclic) bond motifs is 1. The number of hydrogen-bond acceptors (Lipinski definition) is 3. The molecule has 0 bridgehead atoms. The summed E-state index contributed by atoms with van der Waals surface area (Å²) >= 11 is 0. The van der Waals surface area contributed by atoms with Gasteiger partial charge in [-0.3, -0.25) is 4.90 Å². The van der Waals surface area contributed by atoms with Gasteiger partial charge in [0.15, 0.2) is 0 Å². The fourth-order valence-corrected chi connectivity index (χ4v) is 2.81. The first kappa shape index (κ1) is 11.5. The smallest absolute Gasteiger partial charge is 0.410 e. The second-order valence-corrected chi connectivity index (χ2v) is 4.96. The maximum atomic E-state index is 12.0. The number of carbonyl (C=O) groups is 1. The molecular formula is C14H18N2O2. The number of carbonyl (C=O) groups excluding carboxylic acids is 1. The molecule has 4 heteroatoms. The van der Waals surface area contributed by atoms with Gasteiger partial charge in [0, 0.05) is 25.7 Å². The molecule has 0 radical (unpaired) electrons. The maximum Gasteiger partial charge on any atom is 0.415 e. The maximum absolute atomic E-state index is 12.0. The van der Waals surface area contributed by atoms with Crippen LogP contribution in [0, 0.1) is 0 Å². The van der Waals surface area contributed by atoms with Gasteiger partial charge in [-0.15, -0.1) is 0 Å². The molecule has 1 aromatic rings. The van der Waals surface area contributed by atoms with Gasteiger partial charge in [0.1, 0.15) is 5.75 Å². The Kier molecular flexibility index (Phi) is 3.19. The molecule has 2 heterocycles. The summed E-state index contributed by atoms with van der Waals surface area (Å²) in [6.07, 6.45) is 2.24. The number of rotatable bonds is 1. The number of benzene rings is 1. The fourth-order valence-electron chi connectivity index (χ4n) is 2.81. The zero-order valence-corrected chi connectivity index (χ0v) is 10.4. The minimum Gasteiger partial charge on any atom is -0.410 e. The summed E-state index contributed by atoms with van der Waals surface area (Å²) < 4.78 is 5.37. The molecule has 96 valence electrons. The number of nitrogens with zero attached hydrogens (tertiary/aromatic N) is 2. The largest absolute Gasteiger partial charge is 0.415 e. The average Bonchev–Trinajstić information content (AvgIpc) is 2.87. The molecule has 4 nitrogen and oxygen atoms in total. The first-order valence-electron chi connectivity index (χ1n) is 6.59. The Balaban J connectivity index is 1.60. The van der Waals surface area contributed by atoms with Gasteiger partial charge in [-0.05, 0) is 31.5 Å². The van der Waals surface area contributed by atoms with Crippen molar-refractivity contribution in [3.05, 3.63) is 30.3 Å². The Morgan fingerprint density at radius 3 is 2.83 bits per heavy atom. The molecule has 0 N–H and O–H groups in total. The number of ether oxygens (including phenoxy) is 1. The molecule has 2 saturated heterocycles. The highest BCUT2D eigenvalue weighted by molar-refractivity contribution is 5.70. The quantitative estimate of drug-likeness (QED) is 0.759. The van der Waals surface area contributed by atoms with Crippen molar-refractivity contribution in [1.82, 2.24) is 9.80 Å². The van der Waals surface area contributed by atoms with Gasteiger partial charge in [0.25, 0.3) is 0 Å². The van der Waals surface area contributed by atoms with E-state index in [0.717, 1.165) is 19.6 Å². The molecule has 1 unspecified atom stereocenters. The summed E-state index contributed by atoms with van der Waals surface area (Å²) in [4.78, 5) is 16.4. The molecule has 2 aliphatic rings. The normalized spacial score (nSPS) is 23.8. The first-order chi connectivity index (χ1) is 8.83. The zero-order valence-electron chi connectivity index (χ0n) is 10.4. The lowest BCUT2D eigenvalue weighted by Crippen LogP contribution is -2.52. The Morgan fingerprint density at radius 2 is 2.00 bits per heavy atom. The van der Waals surface area contributed by atoms with E-state index < -0.39 is 0 Å². The Labute approximate surface area is 107 Å². The Bertz CT molecular complexity index is 421. The van der Waals surface area contributed by atoms with Crippen LogP contribution in [0.5, 0.6) is 5.75 Å². The van der Waals surface area contributed by atoms with Crippen LogP contribution in [-0.4, -0.2) is 48.1 Å². The van der Waals surface area contributed by atoms with Crippen LogP contribution < -0.4 is 4.74 Å². The third-order valence-corrected chi connectivity index (χ3v) is 3.79. The van der Waals surface area contributed by atoms with Crippen molar-refractivity contribution in [3.8, 4) is 5.75 Å². The second-order valence-electron chi connectivity index (χ2n) is 4.96. The van der Waals surface area contributed by atoms with Crippen molar-refractivity contribution >= 4 is 6.09 Å². The lowest BCUT2D eigenvalue weighted by atomic mass is 10.2. The van der Waals surface area contributed by atoms with Crippen molar-refractivity contribution in [1.29, 1.82) is 0 Å². The van der Waals surface area contributed by atoms with Crippen LogP contribution in [0.25, 0.3) is 0 Å². The van der Waals surface area contributed by atoms with Crippen LogP contribution in [0.15, 0.2) is 30.3 Å². The molecule has 0 saturated carbocycles. The molecule has 1 atom stereocenters. The van der Waals surface area contributed by atoms with E-state index in [1.165, 1.54) is 19.4 Å². The number of hydrogen-bond donors (Lipinski definition) is 0. The topological polar surface area (TPSA) is 32.8 Å². The fraction of sp³-hybridized carbons (Fsp3) is 0.500. The number of amides is 1. The molecule has 1 amide bonds. The zero-order chi connectivity index (χ0) is 12.4. The second kappa shape index (κ2) is 4.98. The van der Waals surface area contributed by atoms with Gasteiger partial charge < -0.3 is 9.64 Å². The predicted molar refractivity (Wildman–Crippen MR) is 68.6 cm³/mol. The molecule has 0 aliphatic carbocycles. The van der Waals surface area contributed by atoms with Crippen LogP contribution >= 0.6 is 0 Å². The molecule has 2 fully saturated rings. The van der Waals surface area contributed by atoms with E-state index in [2.05, 4.69) is 4.90 Å². The van der Waals surface area contributed by atoms with Gasteiger partial charge >= 0.3 is 6.09 Å². The molecule has 18 heavy (non-hydrogen) atoms. The summed E-state index contributed by atoms with van der Waals surface area (Å²) in [5.74, 6) is 0.622. The Hall–Kier alpha value is -1.55. The minimum absolute atomic E-state index is 0.215. The van der Waals surface area contributed by atoms with E-state index in [0.29, 0.717) is 11.8 Å². The third-order valence-electron chi connectivity index (χ3n) is 3.79. The predicted octanol–water partition coefficient (Wildman–Crippen LogP) is 1.97. The third kappa shape index (κ3) is 2.34. The number of piperazine rings is 1. The van der Waals surface area contributed by atoms with Crippen molar-refractivity contribution in [2.45, 2.75) is 18.9 Å². The van der Waals surface area contributed by atoms with Gasteiger partial charge in [0.05, 0.1) is 0 Å². The van der Waals surface area contributed by atoms with Crippen LogP contribution in [0.2, 0.25) is 0 Å². The van der Waals surface area contributed by atoms with E-state index in [4.69, 9.17) is 4.74 Å². The van der Waals surface area contributed by atoms with Crippen LogP contribution in [0.3, 0.4) is 0 Å². The molecule has 2 aliphatic heterocycles. The first-order valence-corrected chi connectivity index (χ1v) is 6.59. The van der Waals surface area contributed by atoms with Gasteiger partial charge in [-0.2, -0.15) is 0 Å². The average molecular weight is 246 g/mol. The minimum atomic E-state index is -0.215. The monoisotopic (exact) mass is 246 g/mol. The van der Waals surface area contributed by atoms with Crippen LogP contribution in [-0.2, 0) is 0 Å². The van der Waals surface area contributed by atoms with E-state index in [9.17, 15) is 4.79 Å². The summed E-state index contributed by atoms with van der Waals surface area (Å²) in [6, 6.07) is 9.82. The van der Waals surface area contributed by atoms with Gasteiger partial charge in [0.2, 0.25) is 0 Å². The highest BCUT2D eigenvalue weighted by Crippen LogP contribution is 2.22. The van der Waals surface area contributed by atoms with Crippen molar-refractivity contribution in [2.75, 3.05) is 26.2 Å². The lowest BCUT2D eigenvalue weighted by molar-refractivity contribution is 0.0934. The highest BCUT2D eigenvalue weighted by Gasteiger charge is 2.33. The van der Waals surface area contributed by atoms with E-state index >= 15 is 0 Å². The van der Waals surface area contributed by atoms with Gasteiger partial charge in [-0.25, -0.2) is 4.79 Å². The van der Waals surface area contributed by atoms with Crippen LogP contribution in [0.4, 0.5) is 4.79 Å². The molecule has 0 spiro atoms. The van der Waals surface area contributed by atoms with E-state index in [1.807, 2.05) is 35.2 Å². The summed E-state index contributed by atoms with van der Waals surface area (Å²) in [5.41, 5.74) is 0. The summed E-state index contributed by atoms with van der Waals surface area (Å²) in [6.45, 7) is 3.76. The summed E-state index contributed by atoms with van der Waals surface area (Å²) in [5, 5.41) is 0. The summed E-state index contributed by atoms with van der Waals surface area (Å²) in [7, 11) is 0. The van der Waals surface area contributed by atoms with E-state index in [-0.39, 0.29) is 6.09 Å². The van der Waals surface area contributed by atoms with Crippen molar-refractivity contribution in [2.24, 2.45) is 0 Å². The molecule has 1 aromatic carbocycles. The Morgan fingerprint density at radius 1 is 1.17 bits per heavy atom. The molecule has 0 aromatic heterocycles. The lowest BCUT2D eigenvalue weighted by Gasteiger charge is -2.36. The van der Waals surface area contributed by atoms with E-state index in [1.54, 1.807) is 0 Å². The van der Waals surface area contributed by atoms with Gasteiger partial charge in [-0.1, -0.05) is 18.2 Å². The SMILES string of the molecule is O=C(Oc1ccccc1)N1CCN2CCCC2C1. The van der Waals surface area contributed by atoms with Crippen LogP contribution in [0.1, 0.15) is 12.8 Å². The number of para-hydroxylation sites is 1. The molecular weight excluding hydrogens is 228 g/mol. The highest BCUT2D eigenvalue weighted by atomic mass is 16.6. The van der Waals surface area contributed by atoms with Crippen molar-refractivity contribution < 1.29 is 9.53 Å². The standard InChI is InChI=1S/C14H18N2O2/c17-14(18-13-6-2-1-3-7-13)16-10-9-15-8-4-5-12(15)11-16/h1-3,6-7,12H,4-5,8-11H2.